The molecule has 0 spiro atoms. The largest absolute Gasteiger partial charge is 0.550 e. The molecule has 32 heavy (non-hydrogen) atoms. The molecule has 0 radical (unpaired) electrons. The average molecular weight is 447 g/mol. The van der Waals surface area contributed by atoms with Crippen LogP contribution in [0.15, 0.2) is 91.0 Å². The van der Waals surface area contributed by atoms with Gasteiger partial charge in [0.1, 0.15) is 23.2 Å². The third kappa shape index (κ3) is 5.87. The Balaban J connectivity index is 0.000000275. The first kappa shape index (κ1) is 24.2. The summed E-state index contributed by atoms with van der Waals surface area (Å²) in [5.41, 5.74) is 0.787. The summed E-state index contributed by atoms with van der Waals surface area (Å²) in [6.07, 6.45) is 8.37. The molecule has 0 amide bonds. The van der Waals surface area contributed by atoms with Gasteiger partial charge >= 0.3 is 0 Å². The van der Waals surface area contributed by atoms with Crippen molar-refractivity contribution in [2.45, 2.75) is 63.9 Å². The minimum Gasteiger partial charge on any atom is -0.550 e. The van der Waals surface area contributed by atoms with Crippen molar-refractivity contribution >= 4 is 29.1 Å². The van der Waals surface area contributed by atoms with Crippen LogP contribution in [0.25, 0.3) is 0 Å². The van der Waals surface area contributed by atoms with Gasteiger partial charge in [-0.2, -0.15) is 0 Å². The summed E-state index contributed by atoms with van der Waals surface area (Å²) < 4.78 is 0. The summed E-state index contributed by atoms with van der Waals surface area (Å²) in [6, 6.07) is 33.7. The Morgan fingerprint density at radius 3 is 1.50 bits per heavy atom. The fourth-order valence-corrected chi connectivity index (χ4v) is 9.77. The monoisotopic (exact) mass is 446 g/mol. The number of rotatable bonds is 9. The molecule has 0 aliphatic heterocycles. The van der Waals surface area contributed by atoms with E-state index in [4.69, 9.17) is 0 Å². The molecular weight excluding hydrogens is 411 g/mol. The third-order valence-corrected chi connectivity index (χ3v) is 11.3. The molecule has 1 fully saturated rings. The van der Waals surface area contributed by atoms with Crippen LogP contribution in [-0.4, -0.2) is 11.6 Å². The number of carboxylic acid groups (broad SMARTS) is 1. The number of carbonyl (C=O) groups is 1. The highest BCUT2D eigenvalue weighted by Crippen LogP contribution is 2.65. The number of carbonyl (C=O) groups excluding carboxylic acids is 1. The van der Waals surface area contributed by atoms with E-state index in [9.17, 15) is 9.90 Å². The van der Waals surface area contributed by atoms with Gasteiger partial charge in [0, 0.05) is 5.97 Å². The second kappa shape index (κ2) is 12.6. The first-order chi connectivity index (χ1) is 15.7. The predicted molar refractivity (Wildman–Crippen MR) is 137 cm³/mol. The summed E-state index contributed by atoms with van der Waals surface area (Å²) >= 11 is 0. The fraction of sp³-hybridized carbons (Fsp3) is 0.345. The van der Waals surface area contributed by atoms with Crippen molar-refractivity contribution in [2.75, 3.05) is 0 Å². The van der Waals surface area contributed by atoms with Crippen molar-refractivity contribution in [3.63, 3.8) is 0 Å². The smallest absolute Gasteiger partial charge is 0.115 e. The van der Waals surface area contributed by atoms with E-state index in [1.54, 1.807) is 0 Å². The Kier molecular flexibility index (Phi) is 9.50. The summed E-state index contributed by atoms with van der Waals surface area (Å²) in [4.78, 5) is 9.85. The van der Waals surface area contributed by atoms with E-state index in [1.165, 1.54) is 35.2 Å². The molecule has 168 valence electrons. The second-order valence-electron chi connectivity index (χ2n) is 8.50. The molecule has 0 heterocycles. The average Bonchev–Trinajstić information content (AvgIpc) is 2.81. The van der Waals surface area contributed by atoms with Gasteiger partial charge in [-0.05, 0) is 68.5 Å². The molecule has 0 bridgehead atoms. The van der Waals surface area contributed by atoms with Crippen LogP contribution in [0.5, 0.6) is 0 Å². The van der Waals surface area contributed by atoms with E-state index < -0.39 is 13.2 Å². The highest BCUT2D eigenvalue weighted by atomic mass is 31.2. The number of hydrogen-bond donors (Lipinski definition) is 0. The van der Waals surface area contributed by atoms with Crippen LogP contribution in [0.2, 0.25) is 0 Å². The van der Waals surface area contributed by atoms with E-state index in [2.05, 4.69) is 97.9 Å². The van der Waals surface area contributed by atoms with Gasteiger partial charge in [-0.1, -0.05) is 80.8 Å². The summed E-state index contributed by atoms with van der Waals surface area (Å²) in [7, 11) is -1.56. The molecule has 0 N–H and O–H groups in total. The molecule has 0 aromatic heterocycles. The number of unbranched alkanes of at least 4 members (excludes halogenated alkanes) is 3. The maximum atomic E-state index is 9.85. The predicted octanol–water partition coefficient (Wildman–Crippen LogP) is 5.24. The highest BCUT2D eigenvalue weighted by molar-refractivity contribution is 7.96. The van der Waals surface area contributed by atoms with Crippen molar-refractivity contribution in [3.8, 4) is 0 Å². The van der Waals surface area contributed by atoms with Crippen molar-refractivity contribution in [2.24, 2.45) is 0 Å². The molecule has 3 heteroatoms. The molecule has 2 nitrogen and oxygen atoms in total. The van der Waals surface area contributed by atoms with Crippen LogP contribution in [0.3, 0.4) is 0 Å². The molecule has 0 atom stereocenters. The van der Waals surface area contributed by atoms with Gasteiger partial charge in [0.15, 0.2) is 0 Å². The van der Waals surface area contributed by atoms with Crippen molar-refractivity contribution in [1.82, 2.24) is 0 Å². The van der Waals surface area contributed by atoms with Gasteiger partial charge in [-0.25, -0.2) is 0 Å². The topological polar surface area (TPSA) is 40.1 Å². The summed E-state index contributed by atoms with van der Waals surface area (Å²) in [5.74, 6) is -0.925. The Bertz CT molecular complexity index is 824. The Morgan fingerprint density at radius 1 is 0.750 bits per heavy atom. The lowest BCUT2D eigenvalue weighted by molar-refractivity contribution is -0.305. The van der Waals surface area contributed by atoms with E-state index in [0.29, 0.717) is 0 Å². The van der Waals surface area contributed by atoms with Gasteiger partial charge in [-0.3, -0.25) is 0 Å². The molecule has 1 aliphatic carbocycles. The Hall–Kier alpha value is -2.44. The van der Waals surface area contributed by atoms with Crippen molar-refractivity contribution in [3.05, 3.63) is 91.0 Å². The number of carboxylic acids is 1. The molecule has 4 rings (SSSR count). The van der Waals surface area contributed by atoms with E-state index in [1.807, 2.05) is 0 Å². The molecule has 1 saturated carbocycles. The standard InChI is InChI=1S/C22H22P.C7H14O2/c1-4-11-19(12-5-1)23(22-17-10-18-22,20-13-6-2-7-14-20)21-15-8-3-9-16-21;1-2-3-4-5-6-7(8)9/h1-9,11-16,22H,10,17-18H2;2-6H2,1H3,(H,8,9)/q+1;/p-1. The lowest BCUT2D eigenvalue weighted by atomic mass is 10.00. The number of aliphatic carboxylic acids is 1. The zero-order chi connectivity index (χ0) is 22.7. The van der Waals surface area contributed by atoms with Crippen LogP contribution in [0.4, 0.5) is 0 Å². The van der Waals surface area contributed by atoms with Crippen LogP contribution < -0.4 is 21.0 Å². The van der Waals surface area contributed by atoms with Crippen LogP contribution in [0, 0.1) is 0 Å². The first-order valence-corrected chi connectivity index (χ1v) is 13.8. The maximum absolute atomic E-state index is 9.85. The van der Waals surface area contributed by atoms with Gasteiger partial charge < -0.3 is 9.90 Å². The SMILES string of the molecule is CCCCCCC(=O)[O-].c1ccc([P+](c2ccccc2)(c2ccccc2)C2CCC2)cc1. The summed E-state index contributed by atoms with van der Waals surface area (Å²) in [5, 5.41) is 14.4. The van der Waals surface area contributed by atoms with E-state index >= 15 is 0 Å². The van der Waals surface area contributed by atoms with Gasteiger partial charge in [-0.15, -0.1) is 0 Å². The van der Waals surface area contributed by atoms with Crippen LogP contribution in [0.1, 0.15) is 58.3 Å². The van der Waals surface area contributed by atoms with E-state index in [0.717, 1.165) is 31.3 Å². The zero-order valence-corrected chi connectivity index (χ0v) is 20.1. The first-order valence-electron chi connectivity index (χ1n) is 11.9. The lowest BCUT2D eigenvalue weighted by Gasteiger charge is -2.39. The second-order valence-corrected chi connectivity index (χ2v) is 12.2. The molecule has 1 aliphatic rings. The molecule has 0 unspecified atom stereocenters. The quantitative estimate of drug-likeness (QED) is 0.333. The Morgan fingerprint density at radius 2 is 1.19 bits per heavy atom. The number of hydrogen-bond acceptors (Lipinski definition) is 2. The van der Waals surface area contributed by atoms with Crippen LogP contribution >= 0.6 is 7.26 Å². The van der Waals surface area contributed by atoms with Crippen LogP contribution in [-0.2, 0) is 4.79 Å². The van der Waals surface area contributed by atoms with E-state index in [-0.39, 0.29) is 6.42 Å². The normalized spacial score (nSPS) is 13.5. The van der Waals surface area contributed by atoms with Gasteiger partial charge in [0.05, 0.1) is 5.66 Å². The minimum absolute atomic E-state index is 0.222. The van der Waals surface area contributed by atoms with Gasteiger partial charge in [0.25, 0.3) is 0 Å². The summed E-state index contributed by atoms with van der Waals surface area (Å²) in [6.45, 7) is 2.10. The van der Waals surface area contributed by atoms with Crippen molar-refractivity contribution in [1.29, 1.82) is 0 Å². The highest BCUT2D eigenvalue weighted by Gasteiger charge is 2.54. The van der Waals surface area contributed by atoms with Gasteiger partial charge in [0.2, 0.25) is 0 Å². The fourth-order valence-electron chi connectivity index (χ4n) is 4.54. The lowest BCUT2D eigenvalue weighted by Crippen LogP contribution is -2.41. The molecule has 0 saturated heterocycles. The third-order valence-electron chi connectivity index (χ3n) is 6.35. The minimum atomic E-state index is -1.56. The Labute approximate surface area is 194 Å². The molecule has 3 aromatic carbocycles. The number of benzene rings is 3. The van der Waals surface area contributed by atoms with Crippen molar-refractivity contribution < 1.29 is 9.90 Å². The maximum Gasteiger partial charge on any atom is 0.115 e. The zero-order valence-electron chi connectivity index (χ0n) is 19.2. The molecule has 3 aromatic rings. The molecular formula is C29H35O2P.